The molecule has 33 heavy (non-hydrogen) atoms. The van der Waals surface area contributed by atoms with E-state index >= 15 is 0 Å². The third kappa shape index (κ3) is 5.34. The van der Waals surface area contributed by atoms with Gasteiger partial charge in [0.25, 0.3) is 0 Å². The first kappa shape index (κ1) is 22.4. The lowest BCUT2D eigenvalue weighted by molar-refractivity contribution is -0.121. The Labute approximate surface area is 194 Å². The smallest absolute Gasteiger partial charge is 0.221 e. The Morgan fingerprint density at radius 3 is 2.45 bits per heavy atom. The van der Waals surface area contributed by atoms with Gasteiger partial charge in [0.05, 0.1) is 19.9 Å². The number of imidazole rings is 1. The lowest BCUT2D eigenvalue weighted by atomic mass is 9.91. The van der Waals surface area contributed by atoms with Crippen LogP contribution >= 0.6 is 0 Å². The molecule has 0 spiro atoms. The number of methoxy groups -OCH3 is 2. The zero-order chi connectivity index (χ0) is 23.2. The highest BCUT2D eigenvalue weighted by molar-refractivity contribution is 5.77. The lowest BCUT2D eigenvalue weighted by Crippen LogP contribution is -2.27. The van der Waals surface area contributed by atoms with Gasteiger partial charge >= 0.3 is 0 Å². The number of aromatic nitrogens is 2. The van der Waals surface area contributed by atoms with Crippen LogP contribution in [0.25, 0.3) is 5.65 Å². The molecule has 0 fully saturated rings. The zero-order valence-corrected chi connectivity index (χ0v) is 19.2. The summed E-state index contributed by atoms with van der Waals surface area (Å²) in [5, 5.41) is 3.08. The van der Waals surface area contributed by atoms with Crippen LogP contribution in [0.15, 0.2) is 73.1 Å². The summed E-state index contributed by atoms with van der Waals surface area (Å²) < 4.78 is 13.0. The van der Waals surface area contributed by atoms with E-state index in [9.17, 15) is 4.79 Å². The number of aryl methyl sites for hydroxylation is 1. The fourth-order valence-corrected chi connectivity index (χ4v) is 4.03. The van der Waals surface area contributed by atoms with Crippen LogP contribution in [0.3, 0.4) is 0 Å². The molecule has 1 atom stereocenters. The largest absolute Gasteiger partial charge is 0.497 e. The quantitative estimate of drug-likeness (QED) is 0.412. The predicted octanol–water partition coefficient (Wildman–Crippen LogP) is 4.54. The molecule has 1 amide bonds. The minimum atomic E-state index is -0.219. The monoisotopic (exact) mass is 443 g/mol. The molecule has 170 valence electrons. The molecule has 0 bridgehead atoms. The van der Waals surface area contributed by atoms with Gasteiger partial charge in [0, 0.05) is 37.3 Å². The van der Waals surface area contributed by atoms with E-state index in [1.807, 2.05) is 72.2 Å². The maximum atomic E-state index is 13.0. The minimum absolute atomic E-state index is 0.0141. The molecule has 2 aromatic carbocycles. The van der Waals surface area contributed by atoms with E-state index in [4.69, 9.17) is 9.47 Å². The van der Waals surface area contributed by atoms with Gasteiger partial charge in [0.15, 0.2) is 0 Å². The average molecular weight is 444 g/mol. The van der Waals surface area contributed by atoms with Crippen LogP contribution < -0.4 is 14.8 Å². The number of benzene rings is 2. The molecule has 1 N–H and O–H groups in total. The lowest BCUT2D eigenvalue weighted by Gasteiger charge is -2.19. The third-order valence-electron chi connectivity index (χ3n) is 5.80. The molecule has 4 rings (SSSR count). The van der Waals surface area contributed by atoms with Crippen molar-refractivity contribution >= 4 is 11.6 Å². The van der Waals surface area contributed by atoms with E-state index in [1.54, 1.807) is 14.2 Å². The first-order chi connectivity index (χ1) is 16.1. The zero-order valence-electron chi connectivity index (χ0n) is 19.2. The number of hydrogen-bond donors (Lipinski definition) is 1. The summed E-state index contributed by atoms with van der Waals surface area (Å²) in [6.45, 7) is 2.63. The van der Waals surface area contributed by atoms with Gasteiger partial charge in [-0.15, -0.1) is 0 Å². The maximum Gasteiger partial charge on any atom is 0.221 e. The minimum Gasteiger partial charge on any atom is -0.497 e. The number of carbonyl (C=O) groups is 1. The Kier molecular flexibility index (Phi) is 6.93. The number of pyridine rings is 1. The molecule has 2 heterocycles. The van der Waals surface area contributed by atoms with Crippen molar-refractivity contribution < 1.29 is 14.3 Å². The Morgan fingerprint density at radius 2 is 1.76 bits per heavy atom. The molecule has 0 aliphatic rings. The van der Waals surface area contributed by atoms with Crippen LogP contribution in [-0.2, 0) is 11.2 Å². The maximum absolute atomic E-state index is 13.0. The van der Waals surface area contributed by atoms with Crippen LogP contribution in [0.2, 0.25) is 0 Å². The van der Waals surface area contributed by atoms with Crippen molar-refractivity contribution in [2.45, 2.75) is 25.7 Å². The number of nitrogens with zero attached hydrogens (tertiary/aromatic N) is 2. The number of carbonyl (C=O) groups excluding carboxylic acids is 1. The summed E-state index contributed by atoms with van der Waals surface area (Å²) >= 11 is 0. The molecule has 2 aromatic heterocycles. The van der Waals surface area contributed by atoms with Gasteiger partial charge in [-0.1, -0.05) is 30.3 Å². The number of fused-ring (bicyclic) bond motifs is 1. The Balaban J connectivity index is 1.62. The van der Waals surface area contributed by atoms with Crippen molar-refractivity contribution in [2.24, 2.45) is 0 Å². The second-order valence-corrected chi connectivity index (χ2v) is 8.10. The van der Waals surface area contributed by atoms with E-state index in [1.165, 1.54) is 5.56 Å². The number of amides is 1. The van der Waals surface area contributed by atoms with Crippen LogP contribution in [0, 0.1) is 6.92 Å². The average Bonchev–Trinajstić information content (AvgIpc) is 3.25. The normalized spacial score (nSPS) is 11.8. The SMILES string of the molecule is COc1cc(OC)cc(C(CC(=O)NCCc2ccccc2)c2cnc3cc(C)ccn23)c1. The number of hydrogen-bond acceptors (Lipinski definition) is 4. The summed E-state index contributed by atoms with van der Waals surface area (Å²) in [7, 11) is 3.25. The third-order valence-corrected chi connectivity index (χ3v) is 5.80. The van der Waals surface area contributed by atoms with Gasteiger partial charge < -0.3 is 19.2 Å². The van der Waals surface area contributed by atoms with Gasteiger partial charge in [-0.3, -0.25) is 4.79 Å². The summed E-state index contributed by atoms with van der Waals surface area (Å²) in [6.07, 6.45) is 4.93. The molecule has 0 aliphatic carbocycles. The molecule has 6 nitrogen and oxygen atoms in total. The van der Waals surface area contributed by atoms with Crippen LogP contribution in [-0.4, -0.2) is 36.1 Å². The van der Waals surface area contributed by atoms with E-state index in [2.05, 4.69) is 22.4 Å². The molecule has 4 aromatic rings. The van der Waals surface area contributed by atoms with Crippen molar-refractivity contribution in [2.75, 3.05) is 20.8 Å². The highest BCUT2D eigenvalue weighted by atomic mass is 16.5. The second kappa shape index (κ2) is 10.2. The van der Waals surface area contributed by atoms with Gasteiger partial charge in [-0.25, -0.2) is 4.98 Å². The van der Waals surface area contributed by atoms with Crippen molar-refractivity contribution in [3.63, 3.8) is 0 Å². The standard InChI is InChI=1S/C27H29N3O3/c1-19-10-12-30-25(18-29-26(30)13-19)24(21-14-22(32-2)16-23(15-21)33-3)17-27(31)28-11-9-20-7-5-4-6-8-20/h4-8,10,12-16,18,24H,9,11,17H2,1-3H3,(H,28,31). The predicted molar refractivity (Wildman–Crippen MR) is 129 cm³/mol. The van der Waals surface area contributed by atoms with Crippen molar-refractivity contribution in [3.05, 3.63) is 95.4 Å². The second-order valence-electron chi connectivity index (χ2n) is 8.10. The molecular weight excluding hydrogens is 414 g/mol. The topological polar surface area (TPSA) is 64.9 Å². The fourth-order valence-electron chi connectivity index (χ4n) is 4.03. The van der Waals surface area contributed by atoms with E-state index < -0.39 is 0 Å². The Bertz CT molecular complexity index is 1210. The van der Waals surface area contributed by atoms with Crippen molar-refractivity contribution in [1.82, 2.24) is 14.7 Å². The van der Waals surface area contributed by atoms with Crippen molar-refractivity contribution in [3.8, 4) is 11.5 Å². The Hall–Kier alpha value is -3.80. The van der Waals surface area contributed by atoms with Crippen LogP contribution in [0.1, 0.15) is 34.7 Å². The first-order valence-corrected chi connectivity index (χ1v) is 11.0. The van der Waals surface area contributed by atoms with Gasteiger partial charge in [-0.2, -0.15) is 0 Å². The summed E-state index contributed by atoms with van der Waals surface area (Å²) in [6, 6.07) is 20.0. The molecule has 0 aliphatic heterocycles. The van der Waals surface area contributed by atoms with Gasteiger partial charge in [0.2, 0.25) is 5.91 Å². The molecule has 0 saturated heterocycles. The fraction of sp³-hybridized carbons (Fsp3) is 0.259. The van der Waals surface area contributed by atoms with Crippen molar-refractivity contribution in [1.29, 1.82) is 0 Å². The highest BCUT2D eigenvalue weighted by Gasteiger charge is 2.23. The molecule has 0 radical (unpaired) electrons. The highest BCUT2D eigenvalue weighted by Crippen LogP contribution is 2.34. The number of nitrogens with one attached hydrogen (secondary N) is 1. The van der Waals surface area contributed by atoms with Crippen LogP contribution in [0.4, 0.5) is 0 Å². The summed E-state index contributed by atoms with van der Waals surface area (Å²) in [4.78, 5) is 17.6. The first-order valence-electron chi connectivity index (χ1n) is 11.0. The number of ether oxygens (including phenoxy) is 2. The van der Waals surface area contributed by atoms with Gasteiger partial charge in [0.1, 0.15) is 17.1 Å². The molecule has 1 unspecified atom stereocenters. The molecule has 0 saturated carbocycles. The molecular formula is C27H29N3O3. The van der Waals surface area contributed by atoms with E-state index in [0.29, 0.717) is 18.0 Å². The van der Waals surface area contributed by atoms with E-state index in [-0.39, 0.29) is 18.2 Å². The molecule has 6 heteroatoms. The summed E-state index contributed by atoms with van der Waals surface area (Å²) in [5.74, 6) is 1.13. The van der Waals surface area contributed by atoms with Gasteiger partial charge in [-0.05, 0) is 54.3 Å². The van der Waals surface area contributed by atoms with Crippen LogP contribution in [0.5, 0.6) is 11.5 Å². The summed E-state index contributed by atoms with van der Waals surface area (Å²) in [5.41, 5.74) is 5.07. The Morgan fingerprint density at radius 1 is 1.03 bits per heavy atom. The number of rotatable bonds is 9. The van der Waals surface area contributed by atoms with E-state index in [0.717, 1.165) is 28.9 Å².